The van der Waals surface area contributed by atoms with Crippen molar-refractivity contribution in [2.75, 3.05) is 11.9 Å². The van der Waals surface area contributed by atoms with Crippen LogP contribution in [0.3, 0.4) is 0 Å². The second kappa shape index (κ2) is 5.09. The number of nitrogens with one attached hydrogen (secondary N) is 1. The number of hydrogen-bond donors (Lipinski definition) is 1. The van der Waals surface area contributed by atoms with Crippen LogP contribution >= 0.6 is 0 Å². The summed E-state index contributed by atoms with van der Waals surface area (Å²) in [5, 5.41) is 8.03. The van der Waals surface area contributed by atoms with Gasteiger partial charge >= 0.3 is 0 Å². The van der Waals surface area contributed by atoms with E-state index in [1.807, 2.05) is 16.8 Å². The third kappa shape index (κ3) is 1.94. The second-order valence-corrected chi connectivity index (χ2v) is 6.52. The van der Waals surface area contributed by atoms with Gasteiger partial charge in [-0.3, -0.25) is 0 Å². The first-order valence-corrected chi connectivity index (χ1v) is 8.25. The number of fused-ring (bicyclic) bond motifs is 4. The molecule has 5 heteroatoms. The fourth-order valence-electron chi connectivity index (χ4n) is 3.87. The van der Waals surface area contributed by atoms with Crippen LogP contribution in [0.1, 0.15) is 28.8 Å². The molecule has 5 nitrogen and oxygen atoms in total. The van der Waals surface area contributed by atoms with Gasteiger partial charge < -0.3 is 10.1 Å². The van der Waals surface area contributed by atoms with Gasteiger partial charge in [0.25, 0.3) is 0 Å². The van der Waals surface area contributed by atoms with Crippen molar-refractivity contribution < 1.29 is 4.74 Å². The molecule has 0 aliphatic carbocycles. The highest BCUT2D eigenvalue weighted by atomic mass is 16.5. The molecule has 1 N–H and O–H groups in total. The van der Waals surface area contributed by atoms with Crippen LogP contribution in [0.25, 0.3) is 0 Å². The van der Waals surface area contributed by atoms with Crippen molar-refractivity contribution in [3.8, 4) is 5.75 Å². The number of para-hydroxylation sites is 1. The number of aryl methyl sites for hydroxylation is 1. The molecule has 0 spiro atoms. The fourth-order valence-corrected chi connectivity index (χ4v) is 3.87. The second-order valence-electron chi connectivity index (χ2n) is 6.52. The summed E-state index contributed by atoms with van der Waals surface area (Å²) in [4.78, 5) is 4.41. The Labute approximate surface area is 140 Å². The van der Waals surface area contributed by atoms with E-state index in [1.54, 1.807) is 6.33 Å². The first-order chi connectivity index (χ1) is 11.8. The van der Waals surface area contributed by atoms with Crippen molar-refractivity contribution in [3.63, 3.8) is 0 Å². The molecular formula is C19H18N4O. The largest absolute Gasteiger partial charge is 0.493 e. The molecule has 2 aliphatic rings. The molecule has 3 atom stereocenters. The monoisotopic (exact) mass is 318 g/mol. The van der Waals surface area contributed by atoms with Gasteiger partial charge in [0.2, 0.25) is 5.95 Å². The lowest BCUT2D eigenvalue weighted by molar-refractivity contribution is 0.151. The Kier molecular flexibility index (Phi) is 2.89. The number of benzene rings is 2. The standard InChI is InChI=1S/C19H18N4O/c1-12-6-8-13(9-7-12)18-15-10-24-16-5-3-2-4-14(16)17(15)22-19-20-11-21-23(18)19/h2-9,11,15,17-18H,10H2,1H3,(H,20,21,22)/t15-,17-,18-/m1/s1. The smallest absolute Gasteiger partial charge is 0.222 e. The maximum absolute atomic E-state index is 6.06. The summed E-state index contributed by atoms with van der Waals surface area (Å²) < 4.78 is 8.05. The first-order valence-electron chi connectivity index (χ1n) is 8.25. The first kappa shape index (κ1) is 13.6. The van der Waals surface area contributed by atoms with Gasteiger partial charge in [0.1, 0.15) is 12.1 Å². The van der Waals surface area contributed by atoms with Crippen molar-refractivity contribution in [3.05, 3.63) is 71.5 Å². The molecule has 0 bridgehead atoms. The van der Waals surface area contributed by atoms with Crippen LogP contribution in [0.15, 0.2) is 54.9 Å². The zero-order valence-corrected chi connectivity index (χ0v) is 13.4. The Morgan fingerprint density at radius 1 is 1.12 bits per heavy atom. The van der Waals surface area contributed by atoms with Crippen LogP contribution in [0.5, 0.6) is 5.75 Å². The fraction of sp³-hybridized carbons (Fsp3) is 0.263. The molecule has 5 rings (SSSR count). The summed E-state index contributed by atoms with van der Waals surface area (Å²) in [6.07, 6.45) is 1.62. The van der Waals surface area contributed by atoms with Crippen molar-refractivity contribution in [2.24, 2.45) is 5.92 Å². The van der Waals surface area contributed by atoms with Crippen molar-refractivity contribution in [2.45, 2.75) is 19.0 Å². The minimum atomic E-state index is 0.114. The maximum Gasteiger partial charge on any atom is 0.222 e. The summed E-state index contributed by atoms with van der Waals surface area (Å²) in [5.41, 5.74) is 3.69. The molecular weight excluding hydrogens is 300 g/mol. The highest BCUT2D eigenvalue weighted by Gasteiger charge is 2.43. The third-order valence-corrected chi connectivity index (χ3v) is 5.06. The lowest BCUT2D eigenvalue weighted by Gasteiger charge is -2.42. The van der Waals surface area contributed by atoms with E-state index in [0.717, 1.165) is 11.7 Å². The Morgan fingerprint density at radius 2 is 1.96 bits per heavy atom. The molecule has 0 saturated heterocycles. The molecule has 3 aromatic rings. The van der Waals surface area contributed by atoms with Crippen LogP contribution in [0.2, 0.25) is 0 Å². The summed E-state index contributed by atoms with van der Waals surface area (Å²) in [6, 6.07) is 17.2. The van der Waals surface area contributed by atoms with Crippen LogP contribution in [-0.2, 0) is 0 Å². The molecule has 0 saturated carbocycles. The predicted octanol–water partition coefficient (Wildman–Crippen LogP) is 3.35. The average Bonchev–Trinajstić information content (AvgIpc) is 3.09. The molecule has 24 heavy (non-hydrogen) atoms. The number of rotatable bonds is 1. The summed E-state index contributed by atoms with van der Waals surface area (Å²) >= 11 is 0. The van der Waals surface area contributed by atoms with Gasteiger partial charge in [-0.1, -0.05) is 48.0 Å². The number of nitrogens with zero attached hydrogens (tertiary/aromatic N) is 3. The number of hydrogen-bond acceptors (Lipinski definition) is 4. The Bertz CT molecular complexity index is 886. The van der Waals surface area contributed by atoms with Crippen LogP contribution in [0, 0.1) is 12.8 Å². The lowest BCUT2D eigenvalue weighted by Crippen LogP contribution is -2.42. The number of anilines is 1. The number of ether oxygens (including phenoxy) is 1. The zero-order valence-electron chi connectivity index (χ0n) is 13.4. The normalized spacial score (nSPS) is 24.1. The van der Waals surface area contributed by atoms with Crippen LogP contribution < -0.4 is 10.1 Å². The Balaban J connectivity index is 1.66. The molecule has 120 valence electrons. The molecule has 2 aromatic carbocycles. The van der Waals surface area contributed by atoms with Crippen molar-refractivity contribution in [1.29, 1.82) is 0 Å². The van der Waals surface area contributed by atoms with E-state index >= 15 is 0 Å². The van der Waals surface area contributed by atoms with E-state index in [0.29, 0.717) is 6.61 Å². The van der Waals surface area contributed by atoms with E-state index < -0.39 is 0 Å². The summed E-state index contributed by atoms with van der Waals surface area (Å²) in [6.45, 7) is 2.77. The van der Waals surface area contributed by atoms with Gasteiger partial charge in [-0.05, 0) is 18.6 Å². The van der Waals surface area contributed by atoms with E-state index in [2.05, 4.69) is 58.7 Å². The van der Waals surface area contributed by atoms with E-state index in [-0.39, 0.29) is 18.0 Å². The molecule has 0 fully saturated rings. The average molecular weight is 318 g/mol. The van der Waals surface area contributed by atoms with Gasteiger partial charge in [0.15, 0.2) is 0 Å². The van der Waals surface area contributed by atoms with Crippen molar-refractivity contribution >= 4 is 5.95 Å². The topological polar surface area (TPSA) is 52.0 Å². The predicted molar refractivity (Wildman–Crippen MR) is 91.1 cm³/mol. The molecule has 3 heterocycles. The molecule has 1 aromatic heterocycles. The molecule has 0 unspecified atom stereocenters. The van der Waals surface area contributed by atoms with E-state index in [9.17, 15) is 0 Å². The highest BCUT2D eigenvalue weighted by Crippen LogP contribution is 2.47. The Hall–Kier alpha value is -2.82. The molecule has 0 radical (unpaired) electrons. The number of aromatic nitrogens is 3. The highest BCUT2D eigenvalue weighted by molar-refractivity contribution is 5.46. The quantitative estimate of drug-likeness (QED) is 0.747. The summed E-state index contributed by atoms with van der Waals surface area (Å²) in [5.74, 6) is 2.04. The van der Waals surface area contributed by atoms with Crippen molar-refractivity contribution in [1.82, 2.24) is 14.8 Å². The molecule has 0 amide bonds. The van der Waals surface area contributed by atoms with Gasteiger partial charge in [-0.15, -0.1) is 0 Å². The van der Waals surface area contributed by atoms with Gasteiger partial charge in [-0.2, -0.15) is 10.1 Å². The van der Waals surface area contributed by atoms with E-state index in [4.69, 9.17) is 4.74 Å². The van der Waals surface area contributed by atoms with Gasteiger partial charge in [0.05, 0.1) is 18.7 Å². The third-order valence-electron chi connectivity index (χ3n) is 5.06. The minimum absolute atomic E-state index is 0.114. The maximum atomic E-state index is 6.06. The van der Waals surface area contributed by atoms with Gasteiger partial charge in [0, 0.05) is 11.5 Å². The van der Waals surface area contributed by atoms with Crippen LogP contribution in [-0.4, -0.2) is 21.4 Å². The van der Waals surface area contributed by atoms with Crippen LogP contribution in [0.4, 0.5) is 5.95 Å². The molecule has 2 aliphatic heterocycles. The zero-order chi connectivity index (χ0) is 16.1. The summed E-state index contributed by atoms with van der Waals surface area (Å²) in [7, 11) is 0. The Morgan fingerprint density at radius 3 is 2.83 bits per heavy atom. The SMILES string of the molecule is Cc1ccc([C@@H]2[C@@H]3COc4ccccc4[C@H]3Nc3ncnn32)cc1. The lowest BCUT2D eigenvalue weighted by atomic mass is 9.81. The van der Waals surface area contributed by atoms with E-state index in [1.165, 1.54) is 16.7 Å². The minimum Gasteiger partial charge on any atom is -0.493 e. The van der Waals surface area contributed by atoms with Gasteiger partial charge in [-0.25, -0.2) is 4.68 Å².